The summed E-state index contributed by atoms with van der Waals surface area (Å²) in [4.78, 5) is 15.4. The van der Waals surface area contributed by atoms with Crippen LogP contribution >= 0.6 is 0 Å². The number of hydrogen-bond acceptors (Lipinski definition) is 7. The molecule has 1 atom stereocenters. The van der Waals surface area contributed by atoms with Crippen LogP contribution in [-0.4, -0.2) is 53.4 Å². The molecule has 0 bridgehead atoms. The quantitative estimate of drug-likeness (QED) is 0.550. The first kappa shape index (κ1) is 16.7. The van der Waals surface area contributed by atoms with E-state index in [2.05, 4.69) is 25.3 Å². The lowest BCUT2D eigenvalue weighted by Crippen LogP contribution is -2.34. The predicted molar refractivity (Wildman–Crippen MR) is 105 cm³/mol. The zero-order chi connectivity index (χ0) is 18.9. The monoisotopic (exact) mass is 376 g/mol. The molecule has 0 aliphatic carbocycles. The van der Waals surface area contributed by atoms with Crippen molar-refractivity contribution in [1.82, 2.24) is 29.1 Å². The fourth-order valence-electron chi connectivity index (χ4n) is 3.58. The molecule has 4 aromatic heterocycles. The van der Waals surface area contributed by atoms with Gasteiger partial charge in [0, 0.05) is 18.9 Å². The molecule has 1 saturated heterocycles. The van der Waals surface area contributed by atoms with Crippen LogP contribution < -0.4 is 10.2 Å². The fourth-order valence-corrected chi connectivity index (χ4v) is 3.58. The van der Waals surface area contributed by atoms with Crippen molar-refractivity contribution in [2.24, 2.45) is 0 Å². The lowest BCUT2D eigenvalue weighted by molar-refractivity contribution is 0.265. The Morgan fingerprint density at radius 3 is 3.07 bits per heavy atom. The molecule has 28 heavy (non-hydrogen) atoms. The molecule has 4 aromatic rings. The molecule has 0 aromatic carbocycles. The third-order valence-corrected chi connectivity index (χ3v) is 5.00. The summed E-state index contributed by atoms with van der Waals surface area (Å²) >= 11 is 0. The Balaban J connectivity index is 1.49. The number of anilines is 3. The molecule has 2 N–H and O–H groups in total. The highest BCUT2D eigenvalue weighted by Crippen LogP contribution is 2.26. The van der Waals surface area contributed by atoms with Gasteiger partial charge in [-0.05, 0) is 37.1 Å². The number of rotatable bonds is 5. The Labute approximate surface area is 161 Å². The van der Waals surface area contributed by atoms with Crippen LogP contribution in [0.4, 0.5) is 17.6 Å². The maximum atomic E-state index is 9.65. The number of hydrogen-bond donors (Lipinski definition) is 2. The number of aliphatic hydroxyl groups excluding tert-OH is 1. The minimum absolute atomic E-state index is 0.0608. The molecule has 5 rings (SSSR count). The van der Waals surface area contributed by atoms with Crippen LogP contribution in [-0.2, 0) is 0 Å². The molecule has 5 heterocycles. The summed E-state index contributed by atoms with van der Waals surface area (Å²) in [6, 6.07) is 7.80. The van der Waals surface area contributed by atoms with Gasteiger partial charge in [0.2, 0.25) is 5.95 Å². The van der Waals surface area contributed by atoms with Gasteiger partial charge < -0.3 is 19.9 Å². The summed E-state index contributed by atoms with van der Waals surface area (Å²) in [6.07, 6.45) is 11.0. The van der Waals surface area contributed by atoms with Gasteiger partial charge in [-0.3, -0.25) is 4.98 Å². The van der Waals surface area contributed by atoms with E-state index in [4.69, 9.17) is 4.98 Å². The van der Waals surface area contributed by atoms with Crippen molar-refractivity contribution in [2.45, 2.75) is 18.9 Å². The van der Waals surface area contributed by atoms with Crippen molar-refractivity contribution in [3.8, 4) is 5.69 Å². The summed E-state index contributed by atoms with van der Waals surface area (Å²) in [6.45, 7) is 0.943. The van der Waals surface area contributed by atoms with Crippen molar-refractivity contribution in [3.63, 3.8) is 0 Å². The van der Waals surface area contributed by atoms with Crippen LogP contribution in [0.25, 0.3) is 11.2 Å². The van der Waals surface area contributed by atoms with Gasteiger partial charge in [-0.15, -0.1) is 5.10 Å². The van der Waals surface area contributed by atoms with E-state index in [0.29, 0.717) is 17.6 Å². The van der Waals surface area contributed by atoms with Crippen LogP contribution in [0.2, 0.25) is 0 Å². The minimum atomic E-state index is 0.0608. The molecular formula is C19H20N8O. The molecule has 0 amide bonds. The van der Waals surface area contributed by atoms with Crippen molar-refractivity contribution in [3.05, 3.63) is 55.4 Å². The highest BCUT2D eigenvalue weighted by Gasteiger charge is 2.27. The molecule has 0 spiro atoms. The molecule has 0 saturated carbocycles. The second-order valence-corrected chi connectivity index (χ2v) is 6.77. The van der Waals surface area contributed by atoms with Gasteiger partial charge in [-0.2, -0.15) is 4.98 Å². The van der Waals surface area contributed by atoms with Gasteiger partial charge in [0.1, 0.15) is 17.7 Å². The van der Waals surface area contributed by atoms with E-state index in [1.165, 1.54) is 0 Å². The Kier molecular flexibility index (Phi) is 4.13. The van der Waals surface area contributed by atoms with Crippen molar-refractivity contribution in [2.75, 3.05) is 23.4 Å². The van der Waals surface area contributed by atoms with E-state index < -0.39 is 0 Å². The molecule has 0 unspecified atom stereocenters. The van der Waals surface area contributed by atoms with Crippen molar-refractivity contribution < 1.29 is 5.11 Å². The summed E-state index contributed by atoms with van der Waals surface area (Å²) in [5.41, 5.74) is 1.79. The first-order valence-corrected chi connectivity index (χ1v) is 9.26. The number of aromatic nitrogens is 6. The number of imidazole rings is 1. The maximum Gasteiger partial charge on any atom is 0.245 e. The lowest BCUT2D eigenvalue weighted by atomic mass is 10.2. The standard InChI is InChI=1S/C19H20N8O/c28-12-15-5-2-8-26(15)19-23-18(16-6-3-9-27(16)24-19)22-17-11-25(13-21-17)14-4-1-7-20-10-14/h1,3-4,6-7,9-11,13,15,28H,2,5,8,12H2,(H,22,23,24)/t15-/m0/s1. The van der Waals surface area contributed by atoms with Crippen molar-refractivity contribution in [1.29, 1.82) is 0 Å². The smallest absolute Gasteiger partial charge is 0.245 e. The van der Waals surface area contributed by atoms with Crippen molar-refractivity contribution >= 4 is 23.1 Å². The minimum Gasteiger partial charge on any atom is -0.394 e. The average molecular weight is 376 g/mol. The van der Waals surface area contributed by atoms with E-state index >= 15 is 0 Å². The average Bonchev–Trinajstić information content (AvgIpc) is 3.48. The SMILES string of the molecule is OC[C@@H]1CCCN1c1nc(Nc2cn(-c3cccnc3)cn2)c2cccn2n1. The molecule has 1 fully saturated rings. The van der Waals surface area contributed by atoms with E-state index in [0.717, 1.165) is 30.6 Å². The zero-order valence-corrected chi connectivity index (χ0v) is 15.2. The van der Waals surface area contributed by atoms with Gasteiger partial charge in [-0.1, -0.05) is 0 Å². The Bertz CT molecular complexity index is 1090. The fraction of sp³-hybridized carbons (Fsp3) is 0.263. The van der Waals surface area contributed by atoms with Crippen LogP contribution in [0.3, 0.4) is 0 Å². The first-order valence-electron chi connectivity index (χ1n) is 9.26. The van der Waals surface area contributed by atoms with Crippen LogP contribution in [0.5, 0.6) is 0 Å². The summed E-state index contributed by atoms with van der Waals surface area (Å²) in [7, 11) is 0. The molecular weight excluding hydrogens is 356 g/mol. The summed E-state index contributed by atoms with van der Waals surface area (Å²) in [5.74, 6) is 1.96. The van der Waals surface area contributed by atoms with Crippen LogP contribution in [0, 0.1) is 0 Å². The largest absolute Gasteiger partial charge is 0.394 e. The second-order valence-electron chi connectivity index (χ2n) is 6.77. The van der Waals surface area contributed by atoms with E-state index in [-0.39, 0.29) is 12.6 Å². The number of aliphatic hydroxyl groups is 1. The highest BCUT2D eigenvalue weighted by molar-refractivity contribution is 5.73. The van der Waals surface area contributed by atoms with Gasteiger partial charge in [0.05, 0.1) is 30.7 Å². The molecule has 9 heteroatoms. The molecule has 1 aliphatic rings. The van der Waals surface area contributed by atoms with Crippen LogP contribution in [0.15, 0.2) is 55.4 Å². The Morgan fingerprint density at radius 1 is 1.25 bits per heavy atom. The number of pyridine rings is 1. The van der Waals surface area contributed by atoms with Gasteiger partial charge in [-0.25, -0.2) is 9.50 Å². The lowest BCUT2D eigenvalue weighted by Gasteiger charge is -2.23. The highest BCUT2D eigenvalue weighted by atomic mass is 16.3. The van der Waals surface area contributed by atoms with E-state index in [1.807, 2.05) is 41.2 Å². The van der Waals surface area contributed by atoms with E-state index in [1.54, 1.807) is 23.2 Å². The Morgan fingerprint density at radius 2 is 2.21 bits per heavy atom. The van der Waals surface area contributed by atoms with Gasteiger partial charge in [0.15, 0.2) is 5.82 Å². The summed E-state index contributed by atoms with van der Waals surface area (Å²) < 4.78 is 3.70. The maximum absolute atomic E-state index is 9.65. The number of fused-ring (bicyclic) bond motifs is 1. The topological polar surface area (TPSA) is 96.4 Å². The predicted octanol–water partition coefficient (Wildman–Crippen LogP) is 2.01. The third-order valence-electron chi connectivity index (χ3n) is 5.00. The molecule has 142 valence electrons. The first-order chi connectivity index (χ1) is 13.8. The third kappa shape index (κ3) is 2.95. The molecule has 1 aliphatic heterocycles. The molecule has 9 nitrogen and oxygen atoms in total. The number of nitrogens with zero attached hydrogens (tertiary/aromatic N) is 7. The normalized spacial score (nSPS) is 16.8. The molecule has 0 radical (unpaired) electrons. The zero-order valence-electron chi connectivity index (χ0n) is 15.2. The van der Waals surface area contributed by atoms with Gasteiger partial charge in [0.25, 0.3) is 0 Å². The second kappa shape index (κ2) is 6.93. The Hall–Kier alpha value is -3.46. The van der Waals surface area contributed by atoms with E-state index in [9.17, 15) is 5.11 Å². The van der Waals surface area contributed by atoms with Gasteiger partial charge >= 0.3 is 0 Å². The number of nitrogens with one attached hydrogen (secondary N) is 1. The summed E-state index contributed by atoms with van der Waals surface area (Å²) in [5, 5.41) is 17.6. The van der Waals surface area contributed by atoms with Crippen LogP contribution in [0.1, 0.15) is 12.8 Å².